The molecule has 2 fully saturated rings. The van der Waals surface area contributed by atoms with Gasteiger partial charge in [-0.25, -0.2) is 0 Å². The highest BCUT2D eigenvalue weighted by Crippen LogP contribution is 2.27. The molecule has 0 radical (unpaired) electrons. The lowest BCUT2D eigenvalue weighted by molar-refractivity contribution is -0.140. The molecule has 2 heterocycles. The van der Waals surface area contributed by atoms with E-state index in [-0.39, 0.29) is 5.54 Å². The highest BCUT2D eigenvalue weighted by atomic mass is 16.3. The van der Waals surface area contributed by atoms with Crippen LogP contribution < -0.4 is 5.32 Å². The van der Waals surface area contributed by atoms with Gasteiger partial charge < -0.3 is 15.3 Å². The van der Waals surface area contributed by atoms with Crippen molar-refractivity contribution in [1.29, 1.82) is 0 Å². The van der Waals surface area contributed by atoms with Crippen LogP contribution >= 0.6 is 0 Å². The summed E-state index contributed by atoms with van der Waals surface area (Å²) in [5, 5.41) is 13.4. The molecule has 2 saturated heterocycles. The summed E-state index contributed by atoms with van der Waals surface area (Å²) in [5.41, 5.74) is -0.963. The zero-order valence-corrected chi connectivity index (χ0v) is 13.8. The van der Waals surface area contributed by atoms with E-state index in [9.17, 15) is 9.90 Å². The molecule has 1 unspecified atom stereocenters. The third kappa shape index (κ3) is 4.18. The number of amides is 1. The summed E-state index contributed by atoms with van der Waals surface area (Å²) < 4.78 is 0. The van der Waals surface area contributed by atoms with Gasteiger partial charge >= 0.3 is 0 Å². The van der Waals surface area contributed by atoms with Crippen molar-refractivity contribution in [3.8, 4) is 0 Å². The highest BCUT2D eigenvalue weighted by Gasteiger charge is 2.43. The highest BCUT2D eigenvalue weighted by molar-refractivity contribution is 5.87. The summed E-state index contributed by atoms with van der Waals surface area (Å²) in [6, 6.07) is 0. The average Bonchev–Trinajstić information content (AvgIpc) is 2.87. The van der Waals surface area contributed by atoms with Crippen molar-refractivity contribution in [1.82, 2.24) is 15.1 Å². The van der Waals surface area contributed by atoms with Gasteiger partial charge in [0.2, 0.25) is 5.91 Å². The number of carbonyl (C=O) groups excluding carboxylic acids is 1. The van der Waals surface area contributed by atoms with Crippen molar-refractivity contribution < 1.29 is 9.90 Å². The molecule has 0 spiro atoms. The van der Waals surface area contributed by atoms with Crippen molar-refractivity contribution in [2.75, 3.05) is 39.3 Å². The van der Waals surface area contributed by atoms with Crippen LogP contribution in [0.5, 0.6) is 0 Å². The first-order valence-electron chi connectivity index (χ1n) is 8.35. The van der Waals surface area contributed by atoms with E-state index in [4.69, 9.17) is 0 Å². The number of β-amino-alcohol motifs (C(OH)–C–C–N with tert-alkyl or cyclic N) is 1. The molecule has 2 aliphatic heterocycles. The molecule has 122 valence electrons. The van der Waals surface area contributed by atoms with Crippen LogP contribution in [-0.4, -0.2) is 71.2 Å². The van der Waals surface area contributed by atoms with Gasteiger partial charge in [-0.3, -0.25) is 9.69 Å². The van der Waals surface area contributed by atoms with E-state index in [1.165, 1.54) is 0 Å². The van der Waals surface area contributed by atoms with E-state index in [1.807, 2.05) is 18.7 Å². The van der Waals surface area contributed by atoms with Crippen LogP contribution in [-0.2, 0) is 4.79 Å². The topological polar surface area (TPSA) is 55.8 Å². The van der Waals surface area contributed by atoms with Crippen LogP contribution in [0.15, 0.2) is 0 Å². The molecule has 0 aliphatic carbocycles. The second kappa shape index (κ2) is 6.63. The van der Waals surface area contributed by atoms with Crippen molar-refractivity contribution >= 4 is 5.91 Å². The van der Waals surface area contributed by atoms with Gasteiger partial charge in [0, 0.05) is 32.7 Å². The minimum absolute atomic E-state index is 0.296. The van der Waals surface area contributed by atoms with Crippen LogP contribution in [0, 0.1) is 0 Å². The van der Waals surface area contributed by atoms with Crippen molar-refractivity contribution in [3.05, 3.63) is 0 Å². The van der Waals surface area contributed by atoms with Crippen LogP contribution in [0.1, 0.15) is 46.5 Å². The Morgan fingerprint density at radius 2 is 1.95 bits per heavy atom. The maximum Gasteiger partial charge on any atom is 0.242 e. The summed E-state index contributed by atoms with van der Waals surface area (Å²) in [6.07, 6.45) is 4.06. The summed E-state index contributed by atoms with van der Waals surface area (Å²) in [7, 11) is 0. The lowest BCUT2D eigenvalue weighted by Crippen LogP contribution is -2.60. The largest absolute Gasteiger partial charge is 0.389 e. The van der Waals surface area contributed by atoms with E-state index in [0.717, 1.165) is 58.4 Å². The molecule has 0 bridgehead atoms. The third-order valence-electron chi connectivity index (χ3n) is 4.60. The van der Waals surface area contributed by atoms with Gasteiger partial charge in [-0.15, -0.1) is 0 Å². The molecule has 5 heteroatoms. The second-order valence-electron chi connectivity index (χ2n) is 7.24. The number of aliphatic hydroxyl groups is 1. The van der Waals surface area contributed by atoms with Crippen molar-refractivity contribution in [3.63, 3.8) is 0 Å². The molecule has 2 N–H and O–H groups in total. The van der Waals surface area contributed by atoms with Gasteiger partial charge in [-0.05, 0) is 39.7 Å². The second-order valence-corrected chi connectivity index (χ2v) is 7.24. The Hall–Kier alpha value is -0.650. The standard InChI is InChI=1S/C16H31N3O2/c1-4-6-16(7-5-8-17-16)14(20)19-11-9-18(10-12-19)13-15(2,3)21/h17,21H,4-13H2,1-3H3. The maximum atomic E-state index is 12.9. The monoisotopic (exact) mass is 297 g/mol. The SMILES string of the molecule is CCCC1(C(=O)N2CCN(CC(C)(C)O)CC2)CCCN1. The fourth-order valence-electron chi connectivity index (χ4n) is 3.69. The van der Waals surface area contributed by atoms with E-state index in [0.29, 0.717) is 12.5 Å². The van der Waals surface area contributed by atoms with Crippen LogP contribution in [0.2, 0.25) is 0 Å². The summed E-state index contributed by atoms with van der Waals surface area (Å²) in [4.78, 5) is 17.2. The zero-order valence-electron chi connectivity index (χ0n) is 13.8. The molecule has 1 amide bonds. The molecule has 0 saturated carbocycles. The van der Waals surface area contributed by atoms with Gasteiger partial charge in [0.1, 0.15) is 0 Å². The number of carbonyl (C=O) groups is 1. The van der Waals surface area contributed by atoms with Gasteiger partial charge in [0.05, 0.1) is 11.1 Å². The average molecular weight is 297 g/mol. The smallest absolute Gasteiger partial charge is 0.242 e. The molecular weight excluding hydrogens is 266 g/mol. The predicted octanol–water partition coefficient (Wildman–Crippen LogP) is 0.824. The number of nitrogens with one attached hydrogen (secondary N) is 1. The Balaban J connectivity index is 1.90. The fourth-order valence-corrected chi connectivity index (χ4v) is 3.69. The van der Waals surface area contributed by atoms with Crippen molar-refractivity contribution in [2.45, 2.75) is 57.6 Å². The van der Waals surface area contributed by atoms with Gasteiger partial charge in [-0.1, -0.05) is 13.3 Å². The molecule has 21 heavy (non-hydrogen) atoms. The molecule has 2 rings (SSSR count). The van der Waals surface area contributed by atoms with Gasteiger partial charge in [0.25, 0.3) is 0 Å². The Labute approximate surface area is 128 Å². The molecule has 0 aromatic rings. The number of hydrogen-bond donors (Lipinski definition) is 2. The van der Waals surface area contributed by atoms with Crippen LogP contribution in [0.4, 0.5) is 0 Å². The summed E-state index contributed by atoms with van der Waals surface area (Å²) in [6.45, 7) is 10.7. The lowest BCUT2D eigenvalue weighted by Gasteiger charge is -2.41. The molecule has 0 aromatic heterocycles. The summed E-state index contributed by atoms with van der Waals surface area (Å²) >= 11 is 0. The number of hydrogen-bond acceptors (Lipinski definition) is 4. The predicted molar refractivity (Wildman–Crippen MR) is 84.2 cm³/mol. The minimum atomic E-state index is -0.664. The number of rotatable bonds is 5. The van der Waals surface area contributed by atoms with Crippen molar-refractivity contribution in [2.24, 2.45) is 0 Å². The maximum absolute atomic E-state index is 12.9. The van der Waals surface area contributed by atoms with Crippen LogP contribution in [0.25, 0.3) is 0 Å². The van der Waals surface area contributed by atoms with Gasteiger partial charge in [0.15, 0.2) is 0 Å². The van der Waals surface area contributed by atoms with E-state index in [1.54, 1.807) is 0 Å². The molecule has 0 aromatic carbocycles. The first-order valence-corrected chi connectivity index (χ1v) is 8.35. The molecule has 5 nitrogen and oxygen atoms in total. The first-order chi connectivity index (χ1) is 9.86. The number of nitrogens with zero attached hydrogens (tertiary/aromatic N) is 2. The Kier molecular flexibility index (Phi) is 5.28. The first kappa shape index (κ1) is 16.7. The fraction of sp³-hybridized carbons (Fsp3) is 0.938. The molecule has 1 atom stereocenters. The Bertz CT molecular complexity index is 351. The third-order valence-corrected chi connectivity index (χ3v) is 4.60. The quantitative estimate of drug-likeness (QED) is 0.789. The summed E-state index contributed by atoms with van der Waals surface area (Å²) in [5.74, 6) is 0.296. The normalized spacial score (nSPS) is 28.1. The molecular formula is C16H31N3O2. The van der Waals surface area contributed by atoms with E-state index >= 15 is 0 Å². The Morgan fingerprint density at radius 3 is 2.43 bits per heavy atom. The van der Waals surface area contributed by atoms with Crippen LogP contribution in [0.3, 0.4) is 0 Å². The minimum Gasteiger partial charge on any atom is -0.389 e. The zero-order chi connectivity index (χ0) is 15.5. The van der Waals surface area contributed by atoms with Gasteiger partial charge in [-0.2, -0.15) is 0 Å². The number of piperazine rings is 1. The molecule has 2 aliphatic rings. The lowest BCUT2D eigenvalue weighted by atomic mass is 9.90. The van der Waals surface area contributed by atoms with E-state index in [2.05, 4.69) is 17.1 Å². The Morgan fingerprint density at radius 1 is 1.29 bits per heavy atom. The van der Waals surface area contributed by atoms with E-state index < -0.39 is 5.60 Å².